The minimum atomic E-state index is -0.146. The number of Topliss-reactive ketones (excluding diaryl/α,β-unsaturated/α-hetero) is 1. The average molecular weight is 373 g/mol. The summed E-state index contributed by atoms with van der Waals surface area (Å²) in [5, 5.41) is 3.49. The maximum atomic E-state index is 12.6. The standard InChI is InChI=1S/C20H21ClN2O3/c1-26-18-8-6-17(7-9-18)22-20(25)23-12-10-15(11-13-23)19(24)14-2-4-16(21)5-3-14/h2-9,15H,10-13H2,1H3,(H,22,25). The van der Waals surface area contributed by atoms with E-state index in [4.69, 9.17) is 16.3 Å². The van der Waals surface area contributed by atoms with Gasteiger partial charge in [-0.3, -0.25) is 4.79 Å². The van der Waals surface area contributed by atoms with E-state index in [1.807, 2.05) is 0 Å². The van der Waals surface area contributed by atoms with Crippen molar-refractivity contribution < 1.29 is 14.3 Å². The molecule has 1 N–H and O–H groups in total. The Hall–Kier alpha value is -2.53. The van der Waals surface area contributed by atoms with Crippen LogP contribution in [0.4, 0.5) is 10.5 Å². The molecule has 3 rings (SSSR count). The zero-order valence-corrected chi connectivity index (χ0v) is 15.3. The van der Waals surface area contributed by atoms with Crippen LogP contribution in [0, 0.1) is 5.92 Å². The lowest BCUT2D eigenvalue weighted by Crippen LogP contribution is -2.42. The molecular weight excluding hydrogens is 352 g/mol. The molecule has 0 unspecified atom stereocenters. The lowest BCUT2D eigenvalue weighted by Gasteiger charge is -2.31. The largest absolute Gasteiger partial charge is 0.497 e. The number of hydrogen-bond acceptors (Lipinski definition) is 3. The number of benzene rings is 2. The van der Waals surface area contributed by atoms with Gasteiger partial charge < -0.3 is 15.0 Å². The van der Waals surface area contributed by atoms with Crippen LogP contribution >= 0.6 is 11.6 Å². The number of anilines is 1. The molecule has 1 aliphatic heterocycles. The zero-order chi connectivity index (χ0) is 18.5. The van der Waals surface area contributed by atoms with Crippen molar-refractivity contribution in [2.45, 2.75) is 12.8 Å². The van der Waals surface area contributed by atoms with Gasteiger partial charge in [0, 0.05) is 35.3 Å². The van der Waals surface area contributed by atoms with E-state index in [1.165, 1.54) is 0 Å². The first-order valence-electron chi connectivity index (χ1n) is 8.56. The Morgan fingerprint density at radius 2 is 1.65 bits per heavy atom. The molecule has 1 fully saturated rings. The number of carbonyl (C=O) groups excluding carboxylic acids is 2. The molecule has 0 saturated carbocycles. The monoisotopic (exact) mass is 372 g/mol. The normalized spacial score (nSPS) is 14.8. The number of piperidine rings is 1. The number of rotatable bonds is 4. The number of urea groups is 1. The molecule has 0 aromatic heterocycles. The summed E-state index contributed by atoms with van der Waals surface area (Å²) in [6.07, 6.45) is 1.33. The lowest BCUT2D eigenvalue weighted by atomic mass is 9.89. The first-order chi connectivity index (χ1) is 12.6. The minimum Gasteiger partial charge on any atom is -0.497 e. The van der Waals surface area contributed by atoms with Crippen molar-refractivity contribution >= 4 is 29.1 Å². The highest BCUT2D eigenvalue weighted by Gasteiger charge is 2.28. The van der Waals surface area contributed by atoms with E-state index in [0.717, 1.165) is 11.4 Å². The van der Waals surface area contributed by atoms with E-state index < -0.39 is 0 Å². The summed E-state index contributed by atoms with van der Waals surface area (Å²) in [6.45, 7) is 1.12. The van der Waals surface area contributed by atoms with E-state index in [2.05, 4.69) is 5.32 Å². The highest BCUT2D eigenvalue weighted by Crippen LogP contribution is 2.23. The molecule has 26 heavy (non-hydrogen) atoms. The second-order valence-corrected chi connectivity index (χ2v) is 6.73. The molecule has 136 valence electrons. The summed E-state index contributed by atoms with van der Waals surface area (Å²) >= 11 is 5.87. The summed E-state index contributed by atoms with van der Waals surface area (Å²) in [5.74, 6) is 0.808. The third-order valence-corrected chi connectivity index (χ3v) is 4.87. The zero-order valence-electron chi connectivity index (χ0n) is 14.6. The van der Waals surface area contributed by atoms with Crippen molar-refractivity contribution in [3.8, 4) is 5.75 Å². The number of ether oxygens (including phenoxy) is 1. The molecule has 0 spiro atoms. The van der Waals surface area contributed by atoms with Crippen LogP contribution in [0.3, 0.4) is 0 Å². The molecule has 2 amide bonds. The number of methoxy groups -OCH3 is 1. The van der Waals surface area contributed by atoms with E-state index >= 15 is 0 Å². The molecule has 5 nitrogen and oxygen atoms in total. The van der Waals surface area contributed by atoms with E-state index in [1.54, 1.807) is 60.5 Å². The molecule has 0 radical (unpaired) electrons. The van der Waals surface area contributed by atoms with Crippen molar-refractivity contribution in [3.63, 3.8) is 0 Å². The smallest absolute Gasteiger partial charge is 0.321 e. The number of likely N-dealkylation sites (tertiary alicyclic amines) is 1. The quantitative estimate of drug-likeness (QED) is 0.805. The van der Waals surface area contributed by atoms with Crippen LogP contribution in [-0.2, 0) is 0 Å². The summed E-state index contributed by atoms with van der Waals surface area (Å²) in [7, 11) is 1.60. The van der Waals surface area contributed by atoms with Gasteiger partial charge in [0.05, 0.1) is 7.11 Å². The molecule has 1 aliphatic rings. The molecular formula is C20H21ClN2O3. The molecule has 2 aromatic carbocycles. The fourth-order valence-corrected chi connectivity index (χ4v) is 3.20. The van der Waals surface area contributed by atoms with E-state index in [9.17, 15) is 9.59 Å². The topological polar surface area (TPSA) is 58.6 Å². The Balaban J connectivity index is 1.53. The number of nitrogens with one attached hydrogen (secondary N) is 1. The second-order valence-electron chi connectivity index (χ2n) is 6.29. The first-order valence-corrected chi connectivity index (χ1v) is 8.94. The molecule has 0 bridgehead atoms. The number of halogens is 1. The fraction of sp³-hybridized carbons (Fsp3) is 0.300. The van der Waals surface area contributed by atoms with Gasteiger partial charge in [-0.1, -0.05) is 11.6 Å². The second kappa shape index (κ2) is 8.23. The first kappa shape index (κ1) is 18.3. The minimum absolute atomic E-state index is 0.0544. The Kier molecular flexibility index (Phi) is 5.78. The third-order valence-electron chi connectivity index (χ3n) is 4.62. The summed E-state index contributed by atoms with van der Waals surface area (Å²) in [6, 6.07) is 14.0. The van der Waals surface area contributed by atoms with Crippen molar-refractivity contribution in [2.24, 2.45) is 5.92 Å². The number of carbonyl (C=O) groups is 2. The van der Waals surface area contributed by atoms with Gasteiger partial charge in [-0.2, -0.15) is 0 Å². The van der Waals surface area contributed by atoms with Crippen LogP contribution in [0.25, 0.3) is 0 Å². The lowest BCUT2D eigenvalue weighted by molar-refractivity contribution is 0.0859. The maximum Gasteiger partial charge on any atom is 0.321 e. The predicted molar refractivity (Wildman–Crippen MR) is 102 cm³/mol. The Morgan fingerprint density at radius 3 is 2.23 bits per heavy atom. The molecule has 1 saturated heterocycles. The number of hydrogen-bond donors (Lipinski definition) is 1. The van der Waals surface area contributed by atoms with Crippen molar-refractivity contribution in [1.82, 2.24) is 4.90 Å². The van der Waals surface area contributed by atoms with Gasteiger partial charge in [-0.15, -0.1) is 0 Å². The van der Waals surface area contributed by atoms with Crippen LogP contribution in [0.2, 0.25) is 5.02 Å². The number of amides is 2. The molecule has 0 atom stereocenters. The number of nitrogens with zero attached hydrogens (tertiary/aromatic N) is 1. The van der Waals surface area contributed by atoms with Gasteiger partial charge >= 0.3 is 6.03 Å². The van der Waals surface area contributed by atoms with E-state index in [0.29, 0.717) is 36.5 Å². The summed E-state index contributed by atoms with van der Waals surface area (Å²) in [5.41, 5.74) is 1.39. The Bertz CT molecular complexity index is 767. The average Bonchev–Trinajstić information content (AvgIpc) is 2.69. The highest BCUT2D eigenvalue weighted by molar-refractivity contribution is 6.30. The summed E-state index contributed by atoms with van der Waals surface area (Å²) < 4.78 is 5.11. The van der Waals surface area contributed by atoms with Crippen molar-refractivity contribution in [2.75, 3.05) is 25.5 Å². The van der Waals surface area contributed by atoms with Gasteiger partial charge in [-0.25, -0.2) is 4.79 Å². The van der Waals surface area contributed by atoms with Gasteiger partial charge in [0.25, 0.3) is 0 Å². The van der Waals surface area contributed by atoms with Gasteiger partial charge in [0.15, 0.2) is 5.78 Å². The summed E-state index contributed by atoms with van der Waals surface area (Å²) in [4.78, 5) is 26.7. The van der Waals surface area contributed by atoms with Crippen LogP contribution in [0.15, 0.2) is 48.5 Å². The van der Waals surface area contributed by atoms with Crippen molar-refractivity contribution in [3.05, 3.63) is 59.1 Å². The van der Waals surface area contributed by atoms with Crippen LogP contribution in [-0.4, -0.2) is 36.9 Å². The number of ketones is 1. The van der Waals surface area contributed by atoms with Crippen LogP contribution < -0.4 is 10.1 Å². The van der Waals surface area contributed by atoms with Gasteiger partial charge in [0.1, 0.15) is 5.75 Å². The van der Waals surface area contributed by atoms with Gasteiger partial charge in [0.2, 0.25) is 0 Å². The molecule has 1 heterocycles. The van der Waals surface area contributed by atoms with Crippen LogP contribution in [0.1, 0.15) is 23.2 Å². The molecule has 6 heteroatoms. The fourth-order valence-electron chi connectivity index (χ4n) is 3.07. The molecule has 0 aliphatic carbocycles. The highest BCUT2D eigenvalue weighted by atomic mass is 35.5. The maximum absolute atomic E-state index is 12.6. The molecule has 2 aromatic rings. The third kappa shape index (κ3) is 4.35. The van der Waals surface area contributed by atoms with E-state index in [-0.39, 0.29) is 17.7 Å². The predicted octanol–water partition coefficient (Wildman–Crippen LogP) is 4.48. The van der Waals surface area contributed by atoms with Gasteiger partial charge in [-0.05, 0) is 61.4 Å². The van der Waals surface area contributed by atoms with Crippen LogP contribution in [0.5, 0.6) is 5.75 Å². The SMILES string of the molecule is COc1ccc(NC(=O)N2CCC(C(=O)c3ccc(Cl)cc3)CC2)cc1. The Morgan fingerprint density at radius 1 is 1.04 bits per heavy atom. The Labute approximate surface area is 157 Å². The van der Waals surface area contributed by atoms with Crippen molar-refractivity contribution in [1.29, 1.82) is 0 Å².